The molecule has 5 rings (SSSR count). The number of ether oxygens (including phenoxy) is 1. The van der Waals surface area contributed by atoms with E-state index in [1.54, 1.807) is 0 Å². The van der Waals surface area contributed by atoms with Crippen LogP contribution in [0.15, 0.2) is 66.4 Å². The first-order valence-electron chi connectivity index (χ1n) is 12.5. The van der Waals surface area contributed by atoms with E-state index in [-0.39, 0.29) is 29.8 Å². The maximum Gasteiger partial charge on any atom is 0.314 e. The average Bonchev–Trinajstić information content (AvgIpc) is 3.13. The number of rotatable bonds is 6. The second kappa shape index (κ2) is 8.44. The van der Waals surface area contributed by atoms with Crippen LogP contribution < -0.4 is 10.2 Å². The summed E-state index contributed by atoms with van der Waals surface area (Å²) in [5.41, 5.74) is 3.87. The van der Waals surface area contributed by atoms with Gasteiger partial charge in [0.1, 0.15) is 0 Å². The van der Waals surface area contributed by atoms with Crippen LogP contribution in [-0.2, 0) is 15.1 Å². The molecule has 0 radical (unpaired) electrons. The number of esters is 1. The van der Waals surface area contributed by atoms with Gasteiger partial charge < -0.3 is 19.9 Å². The van der Waals surface area contributed by atoms with E-state index in [1.165, 1.54) is 11.4 Å². The third-order valence-corrected chi connectivity index (χ3v) is 7.88. The molecule has 0 aromatic heterocycles. The van der Waals surface area contributed by atoms with Gasteiger partial charge in [-0.15, -0.1) is 0 Å². The van der Waals surface area contributed by atoms with Crippen LogP contribution in [0.25, 0.3) is 0 Å². The average molecular weight is 446 g/mol. The van der Waals surface area contributed by atoms with Crippen molar-refractivity contribution in [3.63, 3.8) is 0 Å². The molecule has 4 aliphatic rings. The summed E-state index contributed by atoms with van der Waals surface area (Å²) in [7, 11) is 0. The van der Waals surface area contributed by atoms with Gasteiger partial charge in [-0.2, -0.15) is 0 Å². The number of anilines is 2. The van der Waals surface area contributed by atoms with E-state index in [4.69, 9.17) is 4.74 Å². The Hall–Kier alpha value is -2.95. The van der Waals surface area contributed by atoms with E-state index in [0.29, 0.717) is 0 Å². The quantitative estimate of drug-likeness (QED) is 0.634. The summed E-state index contributed by atoms with van der Waals surface area (Å²) in [6.07, 6.45) is 15.0. The minimum atomic E-state index is -0.710. The lowest BCUT2D eigenvalue weighted by atomic mass is 9.63. The summed E-state index contributed by atoms with van der Waals surface area (Å²) in [5, 5.41) is 3.82. The molecule has 33 heavy (non-hydrogen) atoms. The third-order valence-electron chi connectivity index (χ3n) is 7.88. The molecule has 174 valence electrons. The first kappa shape index (κ1) is 21.9. The number of benzene rings is 1. The zero-order valence-corrected chi connectivity index (χ0v) is 20.1. The Morgan fingerprint density at radius 2 is 1.67 bits per heavy atom. The van der Waals surface area contributed by atoms with Gasteiger partial charge in [-0.3, -0.25) is 4.79 Å². The SMILES string of the molecule is CCN(CC)C1=CC2Nc3cc(N(CC)CC)ccc3C3(OC(=O)C4C=CC=CC43)C2C=C1. The van der Waals surface area contributed by atoms with Crippen LogP contribution in [0.4, 0.5) is 11.4 Å². The Kier molecular flexibility index (Phi) is 5.59. The highest BCUT2D eigenvalue weighted by Gasteiger charge is 2.62. The molecule has 1 saturated heterocycles. The Morgan fingerprint density at radius 3 is 2.39 bits per heavy atom. The second-order valence-electron chi connectivity index (χ2n) is 9.26. The lowest BCUT2D eigenvalue weighted by Gasteiger charge is -2.49. The molecule has 5 nitrogen and oxygen atoms in total. The molecule has 2 aliphatic carbocycles. The van der Waals surface area contributed by atoms with Gasteiger partial charge in [0.05, 0.1) is 12.0 Å². The summed E-state index contributed by atoms with van der Waals surface area (Å²) < 4.78 is 6.45. The molecule has 0 saturated carbocycles. The fourth-order valence-corrected chi connectivity index (χ4v) is 6.21. The number of allylic oxidation sites excluding steroid dienone is 3. The van der Waals surface area contributed by atoms with Crippen molar-refractivity contribution >= 4 is 17.3 Å². The number of nitrogens with one attached hydrogen (secondary N) is 1. The lowest BCUT2D eigenvalue weighted by Crippen LogP contribution is -2.52. The number of fused-ring (bicyclic) bond motifs is 6. The van der Waals surface area contributed by atoms with Gasteiger partial charge in [0, 0.05) is 60.7 Å². The Labute approximate surface area is 197 Å². The van der Waals surface area contributed by atoms with Gasteiger partial charge in [0.25, 0.3) is 0 Å². The van der Waals surface area contributed by atoms with Crippen LogP contribution in [0.3, 0.4) is 0 Å². The van der Waals surface area contributed by atoms with Crippen LogP contribution in [0, 0.1) is 17.8 Å². The van der Waals surface area contributed by atoms with Gasteiger partial charge in [0.15, 0.2) is 5.60 Å². The number of carbonyl (C=O) groups is 1. The van der Waals surface area contributed by atoms with Crippen LogP contribution in [-0.4, -0.2) is 43.1 Å². The van der Waals surface area contributed by atoms with Crippen molar-refractivity contribution in [2.45, 2.75) is 39.3 Å². The minimum Gasteiger partial charge on any atom is -0.452 e. The molecule has 1 aromatic rings. The van der Waals surface area contributed by atoms with Gasteiger partial charge in [-0.05, 0) is 52.0 Å². The monoisotopic (exact) mass is 445 g/mol. The molecular formula is C28H35N3O2. The largest absolute Gasteiger partial charge is 0.452 e. The number of hydrogen-bond acceptors (Lipinski definition) is 5. The maximum atomic E-state index is 13.1. The lowest BCUT2D eigenvalue weighted by molar-refractivity contribution is -0.155. The second-order valence-corrected chi connectivity index (χ2v) is 9.26. The van der Waals surface area contributed by atoms with Crippen LogP contribution in [0.5, 0.6) is 0 Å². The summed E-state index contributed by atoms with van der Waals surface area (Å²) in [6.45, 7) is 12.6. The minimum absolute atomic E-state index is 0.0179. The number of likely N-dealkylation sites (N-methyl/N-ethyl adjacent to an activating group) is 1. The molecule has 5 heteroatoms. The zero-order chi connectivity index (χ0) is 23.2. The number of nitrogens with zero attached hydrogens (tertiary/aromatic N) is 2. The Bertz CT molecular complexity index is 1050. The topological polar surface area (TPSA) is 44.8 Å². The summed E-state index contributed by atoms with van der Waals surface area (Å²) in [4.78, 5) is 17.8. The van der Waals surface area contributed by atoms with E-state index < -0.39 is 5.60 Å². The van der Waals surface area contributed by atoms with Crippen LogP contribution in [0.2, 0.25) is 0 Å². The number of hydrogen-bond donors (Lipinski definition) is 1. The van der Waals surface area contributed by atoms with Gasteiger partial charge in [-0.1, -0.05) is 36.4 Å². The zero-order valence-electron chi connectivity index (χ0n) is 20.1. The Balaban J connectivity index is 1.66. The van der Waals surface area contributed by atoms with Crippen LogP contribution >= 0.6 is 0 Å². The van der Waals surface area contributed by atoms with Crippen molar-refractivity contribution in [3.8, 4) is 0 Å². The van der Waals surface area contributed by atoms with Crippen molar-refractivity contribution in [2.24, 2.45) is 17.8 Å². The predicted octanol–water partition coefficient (Wildman–Crippen LogP) is 4.85. The molecule has 2 aliphatic heterocycles. The van der Waals surface area contributed by atoms with E-state index in [9.17, 15) is 4.79 Å². The summed E-state index contributed by atoms with van der Waals surface area (Å²) in [6, 6.07) is 6.66. The molecule has 0 amide bonds. The molecule has 5 atom stereocenters. The summed E-state index contributed by atoms with van der Waals surface area (Å²) >= 11 is 0. The van der Waals surface area contributed by atoms with Gasteiger partial charge >= 0.3 is 5.97 Å². The first-order valence-corrected chi connectivity index (χ1v) is 12.5. The fraction of sp³-hybridized carbons (Fsp3) is 0.464. The molecule has 2 heterocycles. The van der Waals surface area contributed by atoms with Crippen molar-refractivity contribution in [1.82, 2.24) is 4.90 Å². The standard InChI is InChI=1S/C28H35N3O2/c1-5-30(6-2)19-13-15-23-25(17-19)29-26-18-20(31(7-3)8-4)14-16-24(26)28(23)22-12-10-9-11-21(22)27(32)33-28/h9-18,21-23,25,29H,5-8H2,1-4H3. The fourth-order valence-electron chi connectivity index (χ4n) is 6.21. The maximum absolute atomic E-state index is 13.1. The molecule has 1 N–H and O–H groups in total. The summed E-state index contributed by atoms with van der Waals surface area (Å²) in [5.74, 6) is -0.341. The van der Waals surface area contributed by atoms with Crippen molar-refractivity contribution in [3.05, 3.63) is 72.0 Å². The predicted molar refractivity (Wildman–Crippen MR) is 134 cm³/mol. The highest BCUT2D eigenvalue weighted by molar-refractivity contribution is 5.81. The highest BCUT2D eigenvalue weighted by atomic mass is 16.6. The van der Waals surface area contributed by atoms with Crippen molar-refractivity contribution in [2.75, 3.05) is 36.4 Å². The van der Waals surface area contributed by atoms with Crippen molar-refractivity contribution in [1.29, 1.82) is 0 Å². The molecular weight excluding hydrogens is 410 g/mol. The third kappa shape index (κ3) is 3.24. The number of carbonyl (C=O) groups excluding carboxylic acids is 1. The molecule has 1 aromatic carbocycles. The van der Waals surface area contributed by atoms with E-state index in [1.807, 2.05) is 12.2 Å². The molecule has 0 bridgehead atoms. The van der Waals surface area contributed by atoms with E-state index in [2.05, 4.69) is 91.4 Å². The van der Waals surface area contributed by atoms with E-state index in [0.717, 1.165) is 37.4 Å². The molecule has 1 spiro atoms. The van der Waals surface area contributed by atoms with Crippen molar-refractivity contribution < 1.29 is 9.53 Å². The first-order chi connectivity index (χ1) is 16.1. The molecule has 1 fully saturated rings. The van der Waals surface area contributed by atoms with Gasteiger partial charge in [0.2, 0.25) is 0 Å². The van der Waals surface area contributed by atoms with E-state index >= 15 is 0 Å². The molecule has 5 unspecified atom stereocenters. The normalized spacial score (nSPS) is 30.8. The smallest absolute Gasteiger partial charge is 0.314 e. The highest BCUT2D eigenvalue weighted by Crippen LogP contribution is 2.58. The van der Waals surface area contributed by atoms with Gasteiger partial charge in [-0.25, -0.2) is 0 Å². The Morgan fingerprint density at radius 1 is 0.939 bits per heavy atom. The van der Waals surface area contributed by atoms with Crippen LogP contribution in [0.1, 0.15) is 33.3 Å².